The Kier molecular flexibility index (Phi) is 4.39. The molecule has 0 saturated carbocycles. The highest BCUT2D eigenvalue weighted by Crippen LogP contribution is 2.24. The molecule has 24 heavy (non-hydrogen) atoms. The molecule has 1 heterocycles. The van der Waals surface area contributed by atoms with Crippen LogP contribution in [0.2, 0.25) is 0 Å². The third-order valence-electron chi connectivity index (χ3n) is 3.25. The number of nitrogens with zero attached hydrogens (tertiary/aromatic N) is 1. The topological polar surface area (TPSA) is 84.2 Å². The molecule has 0 aliphatic heterocycles. The van der Waals surface area contributed by atoms with Crippen LogP contribution in [0.1, 0.15) is 13.3 Å². The number of aromatic nitrogens is 1. The molecule has 0 spiro atoms. The molecule has 0 bridgehead atoms. The van der Waals surface area contributed by atoms with Gasteiger partial charge >= 0.3 is 0 Å². The van der Waals surface area contributed by atoms with Gasteiger partial charge in [-0.05, 0) is 42.8 Å². The van der Waals surface area contributed by atoms with Crippen LogP contribution in [0.25, 0.3) is 11.1 Å². The molecule has 0 unspecified atom stereocenters. The summed E-state index contributed by atoms with van der Waals surface area (Å²) in [7, 11) is -3.32. The van der Waals surface area contributed by atoms with Gasteiger partial charge in [-0.15, -0.1) is 0 Å². The van der Waals surface area contributed by atoms with Crippen LogP contribution in [-0.2, 0) is 10.0 Å². The zero-order valence-electron chi connectivity index (χ0n) is 12.9. The van der Waals surface area contributed by atoms with Crippen LogP contribution in [-0.4, -0.2) is 19.2 Å². The fraction of sp³-hybridized carbons (Fsp3) is 0.188. The van der Waals surface area contributed by atoms with Crippen molar-refractivity contribution >= 4 is 38.5 Å². The second-order valence-electron chi connectivity index (χ2n) is 5.23. The molecular weight excluding hydrogens is 333 g/mol. The summed E-state index contributed by atoms with van der Waals surface area (Å²) >= 11 is 0. The molecule has 126 valence electrons. The Morgan fingerprint density at radius 1 is 1.12 bits per heavy atom. The van der Waals surface area contributed by atoms with E-state index in [0.717, 1.165) is 0 Å². The molecule has 2 N–H and O–H groups in total. The Hall–Kier alpha value is -2.61. The molecule has 0 atom stereocenters. The van der Waals surface area contributed by atoms with Crippen molar-refractivity contribution in [1.82, 2.24) is 4.98 Å². The first kappa shape index (κ1) is 16.3. The first-order valence-corrected chi connectivity index (χ1v) is 9.05. The van der Waals surface area contributed by atoms with Gasteiger partial charge in [-0.2, -0.15) is 4.98 Å². The van der Waals surface area contributed by atoms with E-state index in [1.54, 1.807) is 43.3 Å². The third kappa shape index (κ3) is 3.65. The van der Waals surface area contributed by atoms with Crippen LogP contribution >= 0.6 is 0 Å². The number of para-hydroxylation sites is 1. The van der Waals surface area contributed by atoms with Crippen molar-refractivity contribution in [3.8, 4) is 0 Å². The maximum atomic E-state index is 13.6. The van der Waals surface area contributed by atoms with E-state index < -0.39 is 15.8 Å². The van der Waals surface area contributed by atoms with Gasteiger partial charge in [-0.3, -0.25) is 4.72 Å². The van der Waals surface area contributed by atoms with Crippen LogP contribution in [0.5, 0.6) is 0 Å². The highest BCUT2D eigenvalue weighted by Gasteiger charge is 2.11. The predicted molar refractivity (Wildman–Crippen MR) is 91.4 cm³/mol. The molecule has 2 aromatic carbocycles. The molecule has 0 radical (unpaired) electrons. The third-order valence-corrected chi connectivity index (χ3v) is 4.74. The number of anilines is 3. The van der Waals surface area contributed by atoms with Crippen molar-refractivity contribution in [3.05, 3.63) is 48.3 Å². The first-order valence-electron chi connectivity index (χ1n) is 7.39. The van der Waals surface area contributed by atoms with E-state index in [1.165, 1.54) is 6.07 Å². The van der Waals surface area contributed by atoms with Gasteiger partial charge in [0.25, 0.3) is 6.01 Å². The van der Waals surface area contributed by atoms with E-state index in [4.69, 9.17) is 4.42 Å². The Labute approximate surface area is 138 Å². The minimum atomic E-state index is -3.32. The van der Waals surface area contributed by atoms with Gasteiger partial charge in [-0.1, -0.05) is 13.0 Å². The maximum Gasteiger partial charge on any atom is 0.300 e. The van der Waals surface area contributed by atoms with Gasteiger partial charge in [0, 0.05) is 11.4 Å². The zero-order valence-corrected chi connectivity index (χ0v) is 13.7. The van der Waals surface area contributed by atoms with Crippen molar-refractivity contribution in [2.45, 2.75) is 13.3 Å². The van der Waals surface area contributed by atoms with Crippen LogP contribution in [0.3, 0.4) is 0 Å². The average molecular weight is 349 g/mol. The molecule has 0 saturated heterocycles. The molecule has 6 nitrogen and oxygen atoms in total. The number of nitrogens with one attached hydrogen (secondary N) is 2. The number of benzene rings is 2. The Bertz CT molecular complexity index is 952. The lowest BCUT2D eigenvalue weighted by molar-refractivity contribution is 0.600. The molecule has 0 amide bonds. The maximum absolute atomic E-state index is 13.6. The SMILES string of the molecule is CCCS(=O)(=O)Nc1ccc(Nc2nc3c(F)cccc3o2)cc1. The molecule has 8 heteroatoms. The van der Waals surface area contributed by atoms with Gasteiger partial charge in [0.1, 0.15) is 5.52 Å². The Balaban J connectivity index is 1.75. The molecule has 0 aliphatic carbocycles. The van der Waals surface area contributed by atoms with Gasteiger partial charge < -0.3 is 9.73 Å². The van der Waals surface area contributed by atoms with E-state index in [-0.39, 0.29) is 17.3 Å². The fourth-order valence-electron chi connectivity index (χ4n) is 2.21. The summed E-state index contributed by atoms with van der Waals surface area (Å²) in [6.07, 6.45) is 0.545. The smallest absolute Gasteiger partial charge is 0.300 e. The second-order valence-corrected chi connectivity index (χ2v) is 7.07. The minimum absolute atomic E-state index is 0.0709. The quantitative estimate of drug-likeness (QED) is 0.706. The summed E-state index contributed by atoms with van der Waals surface area (Å²) < 4.78 is 45.0. The second kappa shape index (κ2) is 6.48. The van der Waals surface area contributed by atoms with Crippen molar-refractivity contribution in [2.75, 3.05) is 15.8 Å². The molecule has 3 aromatic rings. The standard InChI is InChI=1S/C16H16FN3O3S/c1-2-10-24(21,22)20-12-8-6-11(7-9-12)18-16-19-15-13(17)4-3-5-14(15)23-16/h3-9,20H,2,10H2,1H3,(H,18,19). The number of rotatable bonds is 6. The van der Waals surface area contributed by atoms with Crippen LogP contribution in [0, 0.1) is 5.82 Å². The normalized spacial score (nSPS) is 11.6. The summed E-state index contributed by atoms with van der Waals surface area (Å²) in [6, 6.07) is 11.2. The molecule has 0 fully saturated rings. The number of sulfonamides is 1. The summed E-state index contributed by atoms with van der Waals surface area (Å²) in [5.41, 5.74) is 1.61. The van der Waals surface area contributed by atoms with Gasteiger partial charge in [-0.25, -0.2) is 12.8 Å². The number of hydrogen-bond acceptors (Lipinski definition) is 5. The van der Waals surface area contributed by atoms with E-state index in [2.05, 4.69) is 15.0 Å². The highest BCUT2D eigenvalue weighted by atomic mass is 32.2. The van der Waals surface area contributed by atoms with E-state index in [0.29, 0.717) is 23.4 Å². The fourth-order valence-corrected chi connectivity index (χ4v) is 3.35. The summed E-state index contributed by atoms with van der Waals surface area (Å²) in [5.74, 6) is -0.383. The Morgan fingerprint density at radius 3 is 2.50 bits per heavy atom. The van der Waals surface area contributed by atoms with Gasteiger partial charge in [0.05, 0.1) is 5.75 Å². The minimum Gasteiger partial charge on any atom is -0.423 e. The first-order chi connectivity index (χ1) is 11.5. The number of halogens is 1. The lowest BCUT2D eigenvalue weighted by atomic mass is 10.3. The summed E-state index contributed by atoms with van der Waals surface area (Å²) in [4.78, 5) is 4.05. The van der Waals surface area contributed by atoms with Crippen molar-refractivity contribution < 1.29 is 17.2 Å². The number of hydrogen-bond donors (Lipinski definition) is 2. The van der Waals surface area contributed by atoms with Crippen molar-refractivity contribution in [3.63, 3.8) is 0 Å². The molecule has 1 aromatic heterocycles. The van der Waals surface area contributed by atoms with Crippen LogP contribution in [0.15, 0.2) is 46.9 Å². The highest BCUT2D eigenvalue weighted by molar-refractivity contribution is 7.92. The number of oxazole rings is 1. The lowest BCUT2D eigenvalue weighted by Crippen LogP contribution is -2.15. The van der Waals surface area contributed by atoms with Gasteiger partial charge in [0.15, 0.2) is 11.4 Å². The molecule has 0 aliphatic rings. The van der Waals surface area contributed by atoms with Crippen LogP contribution in [0.4, 0.5) is 21.8 Å². The average Bonchev–Trinajstić information content (AvgIpc) is 2.93. The van der Waals surface area contributed by atoms with E-state index in [1.807, 2.05) is 0 Å². The van der Waals surface area contributed by atoms with Crippen LogP contribution < -0.4 is 10.0 Å². The van der Waals surface area contributed by atoms with Crippen molar-refractivity contribution in [2.24, 2.45) is 0 Å². The summed E-state index contributed by atoms with van der Waals surface area (Å²) in [6.45, 7) is 1.80. The van der Waals surface area contributed by atoms with Gasteiger partial charge in [0.2, 0.25) is 10.0 Å². The molecule has 3 rings (SSSR count). The van der Waals surface area contributed by atoms with E-state index >= 15 is 0 Å². The monoisotopic (exact) mass is 349 g/mol. The summed E-state index contributed by atoms with van der Waals surface area (Å²) in [5, 5.41) is 2.91. The number of fused-ring (bicyclic) bond motifs is 1. The molecular formula is C16H16FN3O3S. The largest absolute Gasteiger partial charge is 0.423 e. The van der Waals surface area contributed by atoms with E-state index in [9.17, 15) is 12.8 Å². The predicted octanol–water partition coefficient (Wildman–Crippen LogP) is 3.86. The zero-order chi connectivity index (χ0) is 17.2. The lowest BCUT2D eigenvalue weighted by Gasteiger charge is -2.08. The Morgan fingerprint density at radius 2 is 1.83 bits per heavy atom. The van der Waals surface area contributed by atoms with Crippen molar-refractivity contribution in [1.29, 1.82) is 0 Å².